The van der Waals surface area contributed by atoms with Crippen LogP contribution in [0, 0.1) is 5.92 Å². The average Bonchev–Trinajstić information content (AvgIpc) is 3.04. The molecule has 2 aromatic carbocycles. The van der Waals surface area contributed by atoms with Gasteiger partial charge in [-0.3, -0.25) is 4.79 Å². The van der Waals surface area contributed by atoms with Crippen molar-refractivity contribution in [2.24, 2.45) is 13.0 Å². The van der Waals surface area contributed by atoms with Crippen LogP contribution in [0.15, 0.2) is 60.8 Å². The summed E-state index contributed by atoms with van der Waals surface area (Å²) in [5.74, 6) is 1.10. The fourth-order valence-electron chi connectivity index (χ4n) is 4.31. The third-order valence-corrected chi connectivity index (χ3v) is 6.02. The number of fused-ring (bicyclic) bond motifs is 1. The van der Waals surface area contributed by atoms with Gasteiger partial charge >= 0.3 is 0 Å². The van der Waals surface area contributed by atoms with Crippen LogP contribution in [0.3, 0.4) is 0 Å². The van der Waals surface area contributed by atoms with Gasteiger partial charge in [-0.2, -0.15) is 0 Å². The average molecular weight is 361 g/mol. The predicted molar refractivity (Wildman–Crippen MR) is 111 cm³/mol. The second-order valence-electron chi connectivity index (χ2n) is 7.94. The summed E-state index contributed by atoms with van der Waals surface area (Å²) >= 11 is 0. The molecule has 0 aliphatic carbocycles. The van der Waals surface area contributed by atoms with Crippen molar-refractivity contribution >= 4 is 16.8 Å². The van der Waals surface area contributed by atoms with Gasteiger partial charge in [-0.25, -0.2) is 0 Å². The molecule has 0 N–H and O–H groups in total. The lowest BCUT2D eigenvalue weighted by atomic mass is 9.87. The predicted octanol–water partition coefficient (Wildman–Crippen LogP) is 4.96. The van der Waals surface area contributed by atoms with Crippen LogP contribution in [0.2, 0.25) is 0 Å². The first-order chi connectivity index (χ1) is 13.1. The van der Waals surface area contributed by atoms with Gasteiger partial charge in [0, 0.05) is 49.6 Å². The minimum atomic E-state index is 0.0872. The Bertz CT molecular complexity index is 920. The zero-order valence-electron chi connectivity index (χ0n) is 16.3. The second-order valence-corrected chi connectivity index (χ2v) is 7.94. The van der Waals surface area contributed by atoms with Crippen molar-refractivity contribution in [2.75, 3.05) is 13.1 Å². The Morgan fingerprint density at radius 1 is 1.04 bits per heavy atom. The topological polar surface area (TPSA) is 25.2 Å². The third kappa shape index (κ3) is 3.64. The van der Waals surface area contributed by atoms with E-state index in [1.54, 1.807) is 0 Å². The summed E-state index contributed by atoms with van der Waals surface area (Å²) < 4.78 is 2.17. The molecule has 1 saturated heterocycles. The van der Waals surface area contributed by atoms with Crippen LogP contribution < -0.4 is 0 Å². The van der Waals surface area contributed by atoms with E-state index in [0.29, 0.717) is 6.42 Å². The second kappa shape index (κ2) is 7.59. The molecule has 3 aromatic rings. The summed E-state index contributed by atoms with van der Waals surface area (Å²) in [4.78, 5) is 15.2. The monoisotopic (exact) mass is 360 g/mol. The highest BCUT2D eigenvalue weighted by Crippen LogP contribution is 2.35. The van der Waals surface area contributed by atoms with E-state index in [1.807, 2.05) is 6.07 Å². The SMILES string of the molecule is CC1CCN(C(=O)CC(c2ccccc2)c2cn(C)c3ccccc23)CC1. The number of para-hydroxylation sites is 1. The van der Waals surface area contributed by atoms with Gasteiger partial charge in [0.15, 0.2) is 0 Å². The highest BCUT2D eigenvalue weighted by atomic mass is 16.2. The highest BCUT2D eigenvalue weighted by molar-refractivity contribution is 5.86. The number of carbonyl (C=O) groups excluding carboxylic acids is 1. The van der Waals surface area contributed by atoms with E-state index in [0.717, 1.165) is 31.8 Å². The largest absolute Gasteiger partial charge is 0.350 e. The van der Waals surface area contributed by atoms with Crippen LogP contribution in [0.4, 0.5) is 0 Å². The van der Waals surface area contributed by atoms with Crippen molar-refractivity contribution in [2.45, 2.75) is 32.1 Å². The zero-order valence-corrected chi connectivity index (χ0v) is 16.3. The summed E-state index contributed by atoms with van der Waals surface area (Å²) in [7, 11) is 2.09. The summed E-state index contributed by atoms with van der Waals surface area (Å²) in [6.45, 7) is 4.08. The van der Waals surface area contributed by atoms with E-state index in [2.05, 4.69) is 78.2 Å². The Labute approximate surface area is 161 Å². The smallest absolute Gasteiger partial charge is 0.223 e. The normalized spacial score (nSPS) is 16.6. The first kappa shape index (κ1) is 17.8. The molecule has 0 radical (unpaired) electrons. The highest BCUT2D eigenvalue weighted by Gasteiger charge is 2.26. The fraction of sp³-hybridized carbons (Fsp3) is 0.375. The van der Waals surface area contributed by atoms with E-state index in [1.165, 1.54) is 22.0 Å². The number of nitrogens with zero attached hydrogens (tertiary/aromatic N) is 2. The number of carbonyl (C=O) groups is 1. The molecule has 1 unspecified atom stereocenters. The Morgan fingerprint density at radius 3 is 2.44 bits per heavy atom. The number of hydrogen-bond acceptors (Lipinski definition) is 1. The molecular formula is C24H28N2O. The van der Waals surface area contributed by atoms with Crippen molar-refractivity contribution in [3.8, 4) is 0 Å². The van der Waals surface area contributed by atoms with Crippen LogP contribution in [0.5, 0.6) is 0 Å². The summed E-state index contributed by atoms with van der Waals surface area (Å²) in [5, 5.41) is 1.24. The van der Waals surface area contributed by atoms with Gasteiger partial charge in [0.2, 0.25) is 5.91 Å². The van der Waals surface area contributed by atoms with Crippen LogP contribution in [0.25, 0.3) is 10.9 Å². The number of amides is 1. The molecule has 140 valence electrons. The molecule has 1 aromatic heterocycles. The van der Waals surface area contributed by atoms with Gasteiger partial charge in [-0.05, 0) is 36.0 Å². The van der Waals surface area contributed by atoms with E-state index in [-0.39, 0.29) is 11.8 Å². The number of aryl methyl sites for hydroxylation is 1. The molecule has 1 fully saturated rings. The summed E-state index contributed by atoms with van der Waals surface area (Å²) in [6, 6.07) is 19.0. The number of benzene rings is 2. The number of hydrogen-bond donors (Lipinski definition) is 0. The van der Waals surface area contributed by atoms with Crippen molar-refractivity contribution < 1.29 is 4.79 Å². The number of likely N-dealkylation sites (tertiary alicyclic amines) is 1. The van der Waals surface area contributed by atoms with Crippen LogP contribution in [-0.2, 0) is 11.8 Å². The molecule has 27 heavy (non-hydrogen) atoms. The Morgan fingerprint density at radius 2 is 1.70 bits per heavy atom. The molecular weight excluding hydrogens is 332 g/mol. The summed E-state index contributed by atoms with van der Waals surface area (Å²) in [5.41, 5.74) is 3.68. The molecule has 1 amide bonds. The molecule has 0 bridgehead atoms. The van der Waals surface area contributed by atoms with E-state index < -0.39 is 0 Å². The van der Waals surface area contributed by atoms with Gasteiger partial charge in [-0.15, -0.1) is 0 Å². The van der Waals surface area contributed by atoms with Crippen molar-refractivity contribution in [3.05, 3.63) is 71.9 Å². The summed E-state index contributed by atoms with van der Waals surface area (Å²) in [6.07, 6.45) is 4.98. The lowest BCUT2D eigenvalue weighted by Crippen LogP contribution is -2.38. The lowest BCUT2D eigenvalue weighted by Gasteiger charge is -2.31. The van der Waals surface area contributed by atoms with Gasteiger partial charge in [-0.1, -0.05) is 55.5 Å². The maximum atomic E-state index is 13.1. The maximum Gasteiger partial charge on any atom is 0.223 e. The van der Waals surface area contributed by atoms with Crippen LogP contribution >= 0.6 is 0 Å². The number of aromatic nitrogens is 1. The molecule has 0 spiro atoms. The van der Waals surface area contributed by atoms with E-state index >= 15 is 0 Å². The number of piperidine rings is 1. The van der Waals surface area contributed by atoms with Crippen molar-refractivity contribution in [3.63, 3.8) is 0 Å². The fourth-order valence-corrected chi connectivity index (χ4v) is 4.31. The Hall–Kier alpha value is -2.55. The molecule has 2 heterocycles. The first-order valence-electron chi connectivity index (χ1n) is 10.00. The van der Waals surface area contributed by atoms with Crippen LogP contribution in [0.1, 0.15) is 43.2 Å². The standard InChI is InChI=1S/C24H28N2O/c1-18-12-14-26(15-13-18)24(27)16-21(19-8-4-3-5-9-19)22-17-25(2)23-11-7-6-10-20(22)23/h3-11,17-18,21H,12-16H2,1-2H3. The zero-order chi connectivity index (χ0) is 18.8. The molecule has 1 aliphatic heterocycles. The minimum Gasteiger partial charge on any atom is -0.350 e. The maximum absolute atomic E-state index is 13.1. The molecule has 3 nitrogen and oxygen atoms in total. The van der Waals surface area contributed by atoms with Gasteiger partial charge in [0.25, 0.3) is 0 Å². The first-order valence-corrected chi connectivity index (χ1v) is 10.00. The van der Waals surface area contributed by atoms with Crippen molar-refractivity contribution in [1.82, 2.24) is 9.47 Å². The van der Waals surface area contributed by atoms with E-state index in [9.17, 15) is 4.79 Å². The van der Waals surface area contributed by atoms with Crippen molar-refractivity contribution in [1.29, 1.82) is 0 Å². The van der Waals surface area contributed by atoms with Crippen LogP contribution in [-0.4, -0.2) is 28.5 Å². The van der Waals surface area contributed by atoms with E-state index in [4.69, 9.17) is 0 Å². The Balaban J connectivity index is 1.69. The molecule has 3 heteroatoms. The number of rotatable bonds is 4. The Kier molecular flexibility index (Phi) is 5.02. The van der Waals surface area contributed by atoms with Gasteiger partial charge in [0.1, 0.15) is 0 Å². The van der Waals surface area contributed by atoms with Gasteiger partial charge in [0.05, 0.1) is 0 Å². The van der Waals surface area contributed by atoms with Gasteiger partial charge < -0.3 is 9.47 Å². The molecule has 4 rings (SSSR count). The molecule has 1 atom stereocenters. The quantitative estimate of drug-likeness (QED) is 0.646. The molecule has 1 aliphatic rings. The minimum absolute atomic E-state index is 0.0872. The molecule has 0 saturated carbocycles. The third-order valence-electron chi connectivity index (χ3n) is 6.02. The lowest BCUT2D eigenvalue weighted by molar-refractivity contribution is -0.132.